The van der Waals surface area contributed by atoms with Crippen molar-refractivity contribution in [2.75, 3.05) is 5.32 Å². The number of rotatable bonds is 7. The smallest absolute Gasteiger partial charge is 0.256 e. The van der Waals surface area contributed by atoms with Crippen LogP contribution in [0.3, 0.4) is 0 Å². The molecule has 1 fully saturated rings. The maximum absolute atomic E-state index is 12.5. The summed E-state index contributed by atoms with van der Waals surface area (Å²) in [6.07, 6.45) is 10.3. The number of hydrogen-bond acceptors (Lipinski definition) is 8. The first-order valence-electron chi connectivity index (χ1n) is 12.1. The summed E-state index contributed by atoms with van der Waals surface area (Å²) < 4.78 is 30.1. The molecule has 1 saturated carbocycles. The molecule has 0 amide bonds. The van der Waals surface area contributed by atoms with Gasteiger partial charge in [0.05, 0.1) is 22.7 Å². The third-order valence-electron chi connectivity index (χ3n) is 6.57. The average molecular weight is 518 g/mol. The molecule has 1 aliphatic rings. The van der Waals surface area contributed by atoms with Gasteiger partial charge in [0.15, 0.2) is 5.82 Å². The lowest BCUT2D eigenvalue weighted by atomic mass is 10.1. The molecule has 0 spiro atoms. The Morgan fingerprint density at radius 2 is 1.92 bits per heavy atom. The van der Waals surface area contributed by atoms with Gasteiger partial charge in [-0.05, 0) is 51.3 Å². The summed E-state index contributed by atoms with van der Waals surface area (Å²) in [4.78, 5) is 13.5. The number of hydrogen-bond donors (Lipinski definition) is 1. The van der Waals surface area contributed by atoms with Crippen LogP contribution in [0, 0.1) is 6.92 Å². The van der Waals surface area contributed by atoms with E-state index in [0.29, 0.717) is 36.0 Å². The predicted molar refractivity (Wildman–Crippen MR) is 141 cm³/mol. The number of anilines is 2. The van der Waals surface area contributed by atoms with E-state index in [0.717, 1.165) is 31.8 Å². The van der Waals surface area contributed by atoms with Gasteiger partial charge in [-0.15, -0.1) is 0 Å². The fourth-order valence-corrected chi connectivity index (χ4v) is 6.00. The van der Waals surface area contributed by atoms with E-state index in [9.17, 15) is 8.42 Å². The highest BCUT2D eigenvalue weighted by Crippen LogP contribution is 2.35. The molecule has 5 aromatic rings. The summed E-state index contributed by atoms with van der Waals surface area (Å²) in [7, 11) is -1.50. The maximum atomic E-state index is 12.5. The first kappa shape index (κ1) is 23.3. The zero-order valence-electron chi connectivity index (χ0n) is 21.0. The number of aryl methyl sites for hydroxylation is 2. The molecular weight excluding hydrogens is 490 g/mol. The SMILES string of the molecule is Cc1cnn(C)c1-c1cn(C(C)C)c2cc(Nc3ccnc(-c4ccn(S(=O)(=O)C5CC5)n4)n3)ncc12. The Hall–Kier alpha value is -4.06. The summed E-state index contributed by atoms with van der Waals surface area (Å²) in [6.45, 7) is 6.35. The van der Waals surface area contributed by atoms with E-state index in [4.69, 9.17) is 0 Å². The van der Waals surface area contributed by atoms with Gasteiger partial charge in [-0.3, -0.25) is 4.68 Å². The number of pyridine rings is 1. The van der Waals surface area contributed by atoms with Crippen LogP contribution in [0.1, 0.15) is 38.3 Å². The van der Waals surface area contributed by atoms with Crippen molar-refractivity contribution >= 4 is 32.6 Å². The third-order valence-corrected chi connectivity index (χ3v) is 8.60. The van der Waals surface area contributed by atoms with E-state index in [1.54, 1.807) is 18.3 Å². The molecule has 0 radical (unpaired) electrons. The van der Waals surface area contributed by atoms with Gasteiger partial charge >= 0.3 is 0 Å². The van der Waals surface area contributed by atoms with Crippen LogP contribution in [0.5, 0.6) is 0 Å². The van der Waals surface area contributed by atoms with E-state index in [1.807, 2.05) is 30.2 Å². The predicted octanol–water partition coefficient (Wildman–Crippen LogP) is 4.06. The maximum Gasteiger partial charge on any atom is 0.256 e. The van der Waals surface area contributed by atoms with Gasteiger partial charge in [-0.2, -0.15) is 14.3 Å². The molecule has 37 heavy (non-hydrogen) atoms. The van der Waals surface area contributed by atoms with Crippen molar-refractivity contribution in [3.63, 3.8) is 0 Å². The summed E-state index contributed by atoms with van der Waals surface area (Å²) in [6, 6.07) is 5.59. The minimum atomic E-state index is -3.45. The van der Waals surface area contributed by atoms with Crippen LogP contribution in [-0.4, -0.2) is 52.2 Å². The number of nitrogens with one attached hydrogen (secondary N) is 1. The molecule has 6 rings (SSSR count). The quantitative estimate of drug-likeness (QED) is 0.343. The molecule has 5 aromatic heterocycles. The lowest BCUT2D eigenvalue weighted by molar-refractivity contribution is 0.579. The van der Waals surface area contributed by atoms with Gasteiger partial charge in [0, 0.05) is 54.9 Å². The van der Waals surface area contributed by atoms with E-state index in [2.05, 4.69) is 62.0 Å². The Kier molecular flexibility index (Phi) is 5.37. The monoisotopic (exact) mass is 517 g/mol. The Morgan fingerprint density at radius 1 is 1.11 bits per heavy atom. The molecule has 0 atom stereocenters. The summed E-state index contributed by atoms with van der Waals surface area (Å²) in [5.41, 5.74) is 4.69. The molecule has 0 aromatic carbocycles. The highest BCUT2D eigenvalue weighted by atomic mass is 32.2. The van der Waals surface area contributed by atoms with Crippen LogP contribution in [0.15, 0.2) is 49.2 Å². The van der Waals surface area contributed by atoms with Crippen LogP contribution >= 0.6 is 0 Å². The first-order valence-corrected chi connectivity index (χ1v) is 13.6. The fourth-order valence-electron chi connectivity index (χ4n) is 4.53. The van der Waals surface area contributed by atoms with Gasteiger partial charge in [-0.25, -0.2) is 23.4 Å². The summed E-state index contributed by atoms with van der Waals surface area (Å²) >= 11 is 0. The molecule has 1 N–H and O–H groups in total. The van der Waals surface area contributed by atoms with Crippen LogP contribution in [0.2, 0.25) is 0 Å². The molecule has 0 bridgehead atoms. The van der Waals surface area contributed by atoms with Crippen molar-refractivity contribution in [2.45, 2.75) is 44.9 Å². The lowest BCUT2D eigenvalue weighted by Gasteiger charge is -2.10. The van der Waals surface area contributed by atoms with Crippen molar-refractivity contribution in [3.05, 3.63) is 54.7 Å². The Bertz CT molecular complexity index is 1720. The molecule has 0 unspecified atom stereocenters. The Morgan fingerprint density at radius 3 is 2.62 bits per heavy atom. The Labute approximate surface area is 214 Å². The molecule has 1 aliphatic carbocycles. The van der Waals surface area contributed by atoms with Crippen molar-refractivity contribution in [3.8, 4) is 22.8 Å². The molecule has 0 saturated heterocycles. The minimum Gasteiger partial charge on any atom is -0.344 e. The van der Waals surface area contributed by atoms with Crippen LogP contribution < -0.4 is 5.32 Å². The summed E-state index contributed by atoms with van der Waals surface area (Å²) in [5.74, 6) is 1.49. The molecule has 5 heterocycles. The van der Waals surface area contributed by atoms with E-state index >= 15 is 0 Å². The zero-order valence-corrected chi connectivity index (χ0v) is 21.8. The highest BCUT2D eigenvalue weighted by molar-refractivity contribution is 7.90. The second-order valence-electron chi connectivity index (χ2n) is 9.64. The van der Waals surface area contributed by atoms with Gasteiger partial charge in [0.1, 0.15) is 17.3 Å². The van der Waals surface area contributed by atoms with Crippen molar-refractivity contribution < 1.29 is 8.42 Å². The number of aromatic nitrogens is 8. The molecule has 11 nitrogen and oxygen atoms in total. The van der Waals surface area contributed by atoms with Crippen molar-refractivity contribution in [1.29, 1.82) is 0 Å². The van der Waals surface area contributed by atoms with Gasteiger partial charge in [0.2, 0.25) is 0 Å². The fraction of sp³-hybridized carbons (Fsp3) is 0.320. The second-order valence-corrected chi connectivity index (χ2v) is 11.7. The van der Waals surface area contributed by atoms with Crippen molar-refractivity contribution in [1.82, 2.24) is 38.5 Å². The molecular formula is C25H27N9O2S. The van der Waals surface area contributed by atoms with Gasteiger partial charge in [-0.1, -0.05) is 0 Å². The number of fused-ring (bicyclic) bond motifs is 1. The normalized spacial score (nSPS) is 14.1. The lowest BCUT2D eigenvalue weighted by Crippen LogP contribution is -2.17. The third kappa shape index (κ3) is 4.06. The standard InChI is InChI=1S/C25H27N9O2S/c1-15(2)33-14-19(24-16(3)12-28-32(24)4)18-13-27-23(11-21(18)33)29-22-7-9-26-25(30-22)20-8-10-34(31-20)37(35,36)17-5-6-17/h7-15,17H,5-6H2,1-4H3,(H,26,27,29,30). The van der Waals surface area contributed by atoms with Crippen LogP contribution in [-0.2, 0) is 17.1 Å². The van der Waals surface area contributed by atoms with Gasteiger partial charge < -0.3 is 9.88 Å². The van der Waals surface area contributed by atoms with Crippen LogP contribution in [0.25, 0.3) is 33.7 Å². The van der Waals surface area contributed by atoms with E-state index < -0.39 is 10.0 Å². The highest BCUT2D eigenvalue weighted by Gasteiger charge is 2.37. The van der Waals surface area contributed by atoms with Gasteiger partial charge in [0.25, 0.3) is 10.0 Å². The second kappa shape index (κ2) is 8.51. The largest absolute Gasteiger partial charge is 0.344 e. The zero-order chi connectivity index (χ0) is 25.9. The van der Waals surface area contributed by atoms with Crippen molar-refractivity contribution in [2.24, 2.45) is 7.05 Å². The Balaban J connectivity index is 1.33. The minimum absolute atomic E-state index is 0.243. The number of nitrogens with zero attached hydrogens (tertiary/aromatic N) is 8. The van der Waals surface area contributed by atoms with E-state index in [1.165, 1.54) is 6.20 Å². The molecule has 190 valence electrons. The average Bonchev–Trinajstić information content (AvgIpc) is 3.37. The van der Waals surface area contributed by atoms with Crippen LogP contribution in [0.4, 0.5) is 11.6 Å². The molecule has 12 heteroatoms. The first-order chi connectivity index (χ1) is 17.7. The summed E-state index contributed by atoms with van der Waals surface area (Å²) in [5, 5.41) is 12.6. The van der Waals surface area contributed by atoms with E-state index in [-0.39, 0.29) is 11.3 Å². The topological polar surface area (TPSA) is 125 Å². The molecule has 0 aliphatic heterocycles.